The SMILES string of the molecule is O=C(CSc1ccc(NC(=O)[C@@H]2CC=CC[C@@H]2C(=O)O)cc1)Nc1ccc2c(c1)OCCO2. The van der Waals surface area contributed by atoms with Crippen molar-refractivity contribution in [1.82, 2.24) is 0 Å². The normalized spacial score (nSPS) is 18.9. The van der Waals surface area contributed by atoms with Crippen molar-refractivity contribution >= 4 is 40.9 Å². The molecule has 2 aromatic carbocycles. The maximum absolute atomic E-state index is 12.6. The number of benzene rings is 2. The Bertz CT molecular complexity index is 1070. The number of carboxylic acid groups (broad SMARTS) is 1. The van der Waals surface area contributed by atoms with Crippen LogP contribution < -0.4 is 20.1 Å². The third kappa shape index (κ3) is 5.87. The molecule has 0 aromatic heterocycles. The zero-order valence-electron chi connectivity index (χ0n) is 17.8. The van der Waals surface area contributed by atoms with E-state index in [4.69, 9.17) is 9.47 Å². The summed E-state index contributed by atoms with van der Waals surface area (Å²) in [6.07, 6.45) is 4.42. The molecule has 9 heteroatoms. The first-order valence-corrected chi connectivity index (χ1v) is 11.6. The highest BCUT2D eigenvalue weighted by molar-refractivity contribution is 8.00. The Morgan fingerprint density at radius 3 is 2.27 bits per heavy atom. The number of thioether (sulfide) groups is 1. The predicted octanol–water partition coefficient (Wildman–Crippen LogP) is 3.79. The number of allylic oxidation sites excluding steroid dienone is 2. The van der Waals surface area contributed by atoms with Gasteiger partial charge < -0.3 is 25.2 Å². The summed E-state index contributed by atoms with van der Waals surface area (Å²) >= 11 is 1.37. The van der Waals surface area contributed by atoms with E-state index < -0.39 is 17.8 Å². The van der Waals surface area contributed by atoms with Crippen molar-refractivity contribution in [2.75, 3.05) is 29.6 Å². The van der Waals surface area contributed by atoms with Crippen LogP contribution in [0.15, 0.2) is 59.5 Å². The minimum Gasteiger partial charge on any atom is -0.486 e. The Labute approximate surface area is 195 Å². The van der Waals surface area contributed by atoms with Crippen molar-refractivity contribution < 1.29 is 29.0 Å². The fourth-order valence-corrected chi connectivity index (χ4v) is 4.41. The van der Waals surface area contributed by atoms with Gasteiger partial charge in [-0.1, -0.05) is 12.2 Å². The lowest BCUT2D eigenvalue weighted by Crippen LogP contribution is -2.34. The highest BCUT2D eigenvalue weighted by atomic mass is 32.2. The molecule has 0 saturated heterocycles. The molecule has 0 fully saturated rings. The number of carbonyl (C=O) groups excluding carboxylic acids is 2. The lowest BCUT2D eigenvalue weighted by atomic mass is 9.82. The van der Waals surface area contributed by atoms with Crippen LogP contribution in [0.3, 0.4) is 0 Å². The van der Waals surface area contributed by atoms with Crippen LogP contribution >= 0.6 is 11.8 Å². The maximum atomic E-state index is 12.6. The van der Waals surface area contributed by atoms with Crippen molar-refractivity contribution in [2.24, 2.45) is 11.8 Å². The molecule has 2 aromatic rings. The average Bonchev–Trinajstić information content (AvgIpc) is 2.83. The van der Waals surface area contributed by atoms with Crippen LogP contribution in [0.5, 0.6) is 11.5 Å². The quantitative estimate of drug-likeness (QED) is 0.418. The number of fused-ring (bicyclic) bond motifs is 1. The highest BCUT2D eigenvalue weighted by Crippen LogP contribution is 2.33. The molecule has 0 spiro atoms. The summed E-state index contributed by atoms with van der Waals surface area (Å²) in [4.78, 5) is 37.2. The van der Waals surface area contributed by atoms with Crippen LogP contribution in [-0.2, 0) is 14.4 Å². The van der Waals surface area contributed by atoms with Crippen LogP contribution in [0.25, 0.3) is 0 Å². The second-order valence-corrected chi connectivity index (χ2v) is 8.75. The smallest absolute Gasteiger partial charge is 0.307 e. The van der Waals surface area contributed by atoms with Gasteiger partial charge in [0.05, 0.1) is 17.6 Å². The first kappa shape index (κ1) is 22.7. The van der Waals surface area contributed by atoms with Gasteiger partial charge in [0, 0.05) is 22.3 Å². The van der Waals surface area contributed by atoms with E-state index in [1.165, 1.54) is 11.8 Å². The Balaban J connectivity index is 1.27. The summed E-state index contributed by atoms with van der Waals surface area (Å²) in [7, 11) is 0. The number of aliphatic carboxylic acids is 1. The van der Waals surface area contributed by atoms with E-state index in [0.29, 0.717) is 48.9 Å². The van der Waals surface area contributed by atoms with Crippen LogP contribution in [0.1, 0.15) is 12.8 Å². The number of hydrogen-bond donors (Lipinski definition) is 3. The van der Waals surface area contributed by atoms with Crippen LogP contribution in [-0.4, -0.2) is 41.9 Å². The Kier molecular flexibility index (Phi) is 7.19. The molecule has 0 saturated carbocycles. The second kappa shape index (κ2) is 10.4. The summed E-state index contributed by atoms with van der Waals surface area (Å²) in [5.74, 6) is -1.22. The molecule has 1 heterocycles. The Morgan fingerprint density at radius 1 is 0.879 bits per heavy atom. The van der Waals surface area contributed by atoms with Gasteiger partial charge in [0.25, 0.3) is 0 Å². The van der Waals surface area contributed by atoms with E-state index in [2.05, 4.69) is 10.6 Å². The lowest BCUT2D eigenvalue weighted by molar-refractivity contribution is -0.146. The van der Waals surface area contributed by atoms with E-state index in [9.17, 15) is 19.5 Å². The Morgan fingerprint density at radius 2 is 1.55 bits per heavy atom. The molecule has 0 radical (unpaired) electrons. The molecule has 0 unspecified atom stereocenters. The lowest BCUT2D eigenvalue weighted by Gasteiger charge is -2.24. The van der Waals surface area contributed by atoms with E-state index >= 15 is 0 Å². The number of carbonyl (C=O) groups is 3. The van der Waals surface area contributed by atoms with Gasteiger partial charge in [-0.2, -0.15) is 0 Å². The molecule has 172 valence electrons. The zero-order valence-corrected chi connectivity index (χ0v) is 18.6. The van der Waals surface area contributed by atoms with Gasteiger partial charge >= 0.3 is 5.97 Å². The first-order chi connectivity index (χ1) is 16.0. The predicted molar refractivity (Wildman–Crippen MR) is 125 cm³/mol. The molecule has 8 nitrogen and oxygen atoms in total. The van der Waals surface area contributed by atoms with Crippen molar-refractivity contribution in [3.8, 4) is 11.5 Å². The summed E-state index contributed by atoms with van der Waals surface area (Å²) in [5, 5.41) is 15.0. The molecule has 0 bridgehead atoms. The first-order valence-electron chi connectivity index (χ1n) is 10.6. The van der Waals surface area contributed by atoms with E-state index in [-0.39, 0.29) is 17.6 Å². The standard InChI is InChI=1S/C24H24N2O6S/c27-22(25-16-7-10-20-21(13-16)32-12-11-31-20)14-33-17-8-5-15(6-9-17)26-23(28)18-3-1-2-4-19(18)24(29)30/h1-2,5-10,13,18-19H,3-4,11-12,14H2,(H,25,27)(H,26,28)(H,29,30)/t18-,19+/m1/s1. The van der Waals surface area contributed by atoms with Crippen molar-refractivity contribution in [3.05, 3.63) is 54.6 Å². The van der Waals surface area contributed by atoms with Gasteiger partial charge in [-0.25, -0.2) is 0 Å². The maximum Gasteiger partial charge on any atom is 0.307 e. The van der Waals surface area contributed by atoms with Crippen LogP contribution in [0.2, 0.25) is 0 Å². The van der Waals surface area contributed by atoms with E-state index in [1.54, 1.807) is 36.4 Å². The molecule has 3 N–H and O–H groups in total. The van der Waals surface area contributed by atoms with Gasteiger partial charge in [0.2, 0.25) is 11.8 Å². The number of hydrogen-bond acceptors (Lipinski definition) is 6. The molecule has 2 aliphatic rings. The van der Waals surface area contributed by atoms with Crippen molar-refractivity contribution in [3.63, 3.8) is 0 Å². The van der Waals surface area contributed by atoms with Gasteiger partial charge in [0.15, 0.2) is 11.5 Å². The molecule has 1 aliphatic heterocycles. The summed E-state index contributed by atoms with van der Waals surface area (Å²) in [5.41, 5.74) is 1.23. The number of amides is 2. The number of ether oxygens (including phenoxy) is 2. The fraction of sp³-hybridized carbons (Fsp3) is 0.292. The van der Waals surface area contributed by atoms with Crippen molar-refractivity contribution in [2.45, 2.75) is 17.7 Å². The minimum absolute atomic E-state index is 0.154. The van der Waals surface area contributed by atoms with Gasteiger partial charge in [-0.3, -0.25) is 14.4 Å². The van der Waals surface area contributed by atoms with Crippen LogP contribution in [0, 0.1) is 11.8 Å². The van der Waals surface area contributed by atoms with E-state index in [1.807, 2.05) is 18.2 Å². The number of carboxylic acids is 1. The second-order valence-electron chi connectivity index (χ2n) is 7.70. The molecule has 33 heavy (non-hydrogen) atoms. The molecular formula is C24H24N2O6S. The van der Waals surface area contributed by atoms with E-state index in [0.717, 1.165) is 4.90 Å². The minimum atomic E-state index is -0.958. The fourth-order valence-electron chi connectivity index (χ4n) is 3.71. The molecule has 4 rings (SSSR count). The highest BCUT2D eigenvalue weighted by Gasteiger charge is 2.33. The largest absolute Gasteiger partial charge is 0.486 e. The Hall–Kier alpha value is -3.46. The summed E-state index contributed by atoms with van der Waals surface area (Å²) in [6.45, 7) is 0.993. The third-order valence-electron chi connectivity index (χ3n) is 5.40. The average molecular weight is 469 g/mol. The van der Waals surface area contributed by atoms with Gasteiger partial charge in [0.1, 0.15) is 13.2 Å². The monoisotopic (exact) mass is 468 g/mol. The summed E-state index contributed by atoms with van der Waals surface area (Å²) < 4.78 is 11.0. The molecule has 1 aliphatic carbocycles. The summed E-state index contributed by atoms with van der Waals surface area (Å²) in [6, 6.07) is 12.4. The van der Waals surface area contributed by atoms with Crippen LogP contribution in [0.4, 0.5) is 11.4 Å². The topological polar surface area (TPSA) is 114 Å². The van der Waals surface area contributed by atoms with Crippen molar-refractivity contribution in [1.29, 1.82) is 0 Å². The van der Waals surface area contributed by atoms with Gasteiger partial charge in [-0.15, -0.1) is 11.8 Å². The molecule has 2 atom stereocenters. The zero-order chi connectivity index (χ0) is 23.2. The third-order valence-corrected chi connectivity index (χ3v) is 6.42. The molecular weight excluding hydrogens is 444 g/mol. The van der Waals surface area contributed by atoms with Gasteiger partial charge in [-0.05, 0) is 49.2 Å². The number of rotatable bonds is 7. The number of anilines is 2. The number of nitrogens with one attached hydrogen (secondary N) is 2. The molecule has 2 amide bonds.